The topological polar surface area (TPSA) is 112 Å². The van der Waals surface area contributed by atoms with Crippen LogP contribution in [0.5, 0.6) is 0 Å². The Bertz CT molecular complexity index is 451. The van der Waals surface area contributed by atoms with Gasteiger partial charge in [0, 0.05) is 12.5 Å². The molecule has 8 heteroatoms. The summed E-state index contributed by atoms with van der Waals surface area (Å²) in [6.45, 7) is 5.91. The minimum atomic E-state index is -2.33. The Hall–Kier alpha value is -2.56. The van der Waals surface area contributed by atoms with Crippen molar-refractivity contribution in [2.75, 3.05) is 13.7 Å². The Morgan fingerprint density at radius 1 is 1.30 bits per heavy atom. The Morgan fingerprint density at radius 3 is 2.30 bits per heavy atom. The molecule has 0 aliphatic rings. The van der Waals surface area contributed by atoms with Crippen LogP contribution in [0.3, 0.4) is 0 Å². The molecule has 20 heavy (non-hydrogen) atoms. The summed E-state index contributed by atoms with van der Waals surface area (Å²) in [7, 11) is 1.11. The summed E-state index contributed by atoms with van der Waals surface area (Å²) in [5, 5.41) is 9.09. The largest absolute Gasteiger partial charge is 0.512 e. The highest BCUT2D eigenvalue weighted by molar-refractivity contribution is 5.88. The smallest absolute Gasteiger partial charge is 0.466 e. The number of esters is 2. The number of carbonyl (C=O) groups excluding carboxylic acids is 3. The molecule has 0 radical (unpaired) electrons. The number of carbonyl (C=O) groups is 3. The van der Waals surface area contributed by atoms with Gasteiger partial charge >= 0.3 is 23.9 Å². The molecule has 0 saturated heterocycles. The van der Waals surface area contributed by atoms with Gasteiger partial charge in [-0.1, -0.05) is 6.58 Å². The van der Waals surface area contributed by atoms with E-state index in [-0.39, 0.29) is 12.2 Å². The van der Waals surface area contributed by atoms with Crippen LogP contribution in [-0.4, -0.2) is 37.6 Å². The second kappa shape index (κ2) is 7.78. The van der Waals surface area contributed by atoms with E-state index in [1.54, 1.807) is 0 Å². The molecule has 0 aromatic heterocycles. The standard InChI is InChI=1S/C12H15NO7/c1-5-18-11(16)20-12(7-13,19-9(3)14)6-8(2)10(15)17-4/h2,5-6H2,1,3-4H3. The summed E-state index contributed by atoms with van der Waals surface area (Å²) < 4.78 is 18.2. The molecule has 0 bridgehead atoms. The first kappa shape index (κ1) is 17.4. The number of nitriles is 1. The maximum Gasteiger partial charge on any atom is 0.512 e. The lowest BCUT2D eigenvalue weighted by Crippen LogP contribution is -2.39. The fraction of sp³-hybridized carbons (Fsp3) is 0.500. The van der Waals surface area contributed by atoms with Crippen LogP contribution in [0, 0.1) is 11.3 Å². The number of rotatable bonds is 6. The normalized spacial score (nSPS) is 12.3. The van der Waals surface area contributed by atoms with Gasteiger partial charge in [-0.2, -0.15) is 5.26 Å². The molecule has 0 saturated carbocycles. The zero-order chi connectivity index (χ0) is 15.8. The fourth-order valence-corrected chi connectivity index (χ4v) is 1.19. The molecule has 0 heterocycles. The summed E-state index contributed by atoms with van der Waals surface area (Å²) in [6.07, 6.45) is -1.78. The molecule has 0 aromatic rings. The minimum absolute atomic E-state index is 0.00163. The number of hydrogen-bond acceptors (Lipinski definition) is 8. The Balaban J connectivity index is 5.18. The van der Waals surface area contributed by atoms with Gasteiger partial charge in [0.2, 0.25) is 0 Å². The van der Waals surface area contributed by atoms with Gasteiger partial charge in [0.25, 0.3) is 0 Å². The minimum Gasteiger partial charge on any atom is -0.466 e. The summed E-state index contributed by atoms with van der Waals surface area (Å²) in [6, 6.07) is 1.51. The fourth-order valence-electron chi connectivity index (χ4n) is 1.19. The summed E-state index contributed by atoms with van der Waals surface area (Å²) >= 11 is 0. The van der Waals surface area contributed by atoms with Crippen molar-refractivity contribution < 1.29 is 33.3 Å². The van der Waals surface area contributed by atoms with Crippen LogP contribution in [0.2, 0.25) is 0 Å². The highest BCUT2D eigenvalue weighted by Gasteiger charge is 2.41. The zero-order valence-corrected chi connectivity index (χ0v) is 11.4. The van der Waals surface area contributed by atoms with E-state index >= 15 is 0 Å². The van der Waals surface area contributed by atoms with Crippen molar-refractivity contribution in [1.29, 1.82) is 5.26 Å². The van der Waals surface area contributed by atoms with Crippen molar-refractivity contribution in [3.8, 4) is 6.07 Å². The third kappa shape index (κ3) is 5.39. The van der Waals surface area contributed by atoms with Crippen LogP contribution in [0.4, 0.5) is 4.79 Å². The van der Waals surface area contributed by atoms with Crippen LogP contribution >= 0.6 is 0 Å². The van der Waals surface area contributed by atoms with Gasteiger partial charge in [-0.25, -0.2) is 9.59 Å². The molecule has 0 N–H and O–H groups in total. The lowest BCUT2D eigenvalue weighted by atomic mass is 10.1. The Kier molecular flexibility index (Phi) is 6.79. The van der Waals surface area contributed by atoms with Gasteiger partial charge < -0.3 is 18.9 Å². The van der Waals surface area contributed by atoms with E-state index in [0.717, 1.165) is 14.0 Å². The van der Waals surface area contributed by atoms with Crippen molar-refractivity contribution >= 4 is 18.1 Å². The van der Waals surface area contributed by atoms with E-state index in [1.165, 1.54) is 13.0 Å². The quantitative estimate of drug-likeness (QED) is 0.308. The van der Waals surface area contributed by atoms with E-state index in [4.69, 9.17) is 5.26 Å². The molecule has 0 amide bonds. The molecule has 1 atom stereocenters. The highest BCUT2D eigenvalue weighted by atomic mass is 16.8. The molecule has 110 valence electrons. The van der Waals surface area contributed by atoms with Crippen molar-refractivity contribution in [2.45, 2.75) is 26.1 Å². The van der Waals surface area contributed by atoms with E-state index in [1.807, 2.05) is 0 Å². The van der Waals surface area contributed by atoms with Gasteiger partial charge in [-0.15, -0.1) is 0 Å². The molecule has 1 unspecified atom stereocenters. The van der Waals surface area contributed by atoms with Crippen LogP contribution in [0.1, 0.15) is 20.3 Å². The van der Waals surface area contributed by atoms with Crippen molar-refractivity contribution in [3.05, 3.63) is 12.2 Å². The summed E-state index contributed by atoms with van der Waals surface area (Å²) in [5.74, 6) is -4.04. The van der Waals surface area contributed by atoms with Gasteiger partial charge in [-0.05, 0) is 6.92 Å². The molecule has 0 aromatic carbocycles. The predicted molar refractivity (Wildman–Crippen MR) is 64.0 cm³/mol. The van der Waals surface area contributed by atoms with Crippen molar-refractivity contribution in [3.63, 3.8) is 0 Å². The Morgan fingerprint density at radius 2 is 1.90 bits per heavy atom. The van der Waals surface area contributed by atoms with E-state index in [9.17, 15) is 14.4 Å². The van der Waals surface area contributed by atoms with Crippen LogP contribution in [0.15, 0.2) is 12.2 Å². The third-order valence-electron chi connectivity index (χ3n) is 1.91. The second-order valence-corrected chi connectivity index (χ2v) is 3.52. The maximum atomic E-state index is 11.3. The SMILES string of the molecule is C=C(CC(C#N)(OC(C)=O)OC(=O)OCC)C(=O)OC. The number of ether oxygens (including phenoxy) is 4. The summed E-state index contributed by atoms with van der Waals surface area (Å²) in [4.78, 5) is 33.6. The first-order valence-corrected chi connectivity index (χ1v) is 5.53. The molecule has 8 nitrogen and oxygen atoms in total. The molecule has 0 aliphatic carbocycles. The monoisotopic (exact) mass is 285 g/mol. The van der Waals surface area contributed by atoms with Gasteiger partial charge in [-0.3, -0.25) is 4.79 Å². The highest BCUT2D eigenvalue weighted by Crippen LogP contribution is 2.23. The second-order valence-electron chi connectivity index (χ2n) is 3.52. The van der Waals surface area contributed by atoms with Crippen LogP contribution in [-0.2, 0) is 28.5 Å². The lowest BCUT2D eigenvalue weighted by Gasteiger charge is -2.25. The van der Waals surface area contributed by atoms with Crippen LogP contribution in [0.25, 0.3) is 0 Å². The number of hydrogen-bond donors (Lipinski definition) is 0. The average Bonchev–Trinajstić information content (AvgIpc) is 2.36. The molecular formula is C12H15NO7. The molecule has 0 fully saturated rings. The molecule has 0 aliphatic heterocycles. The lowest BCUT2D eigenvalue weighted by molar-refractivity contribution is -0.191. The first-order valence-electron chi connectivity index (χ1n) is 5.53. The number of nitrogens with zero attached hydrogens (tertiary/aromatic N) is 1. The first-order chi connectivity index (χ1) is 9.30. The predicted octanol–water partition coefficient (Wildman–Crippen LogP) is 1.06. The van der Waals surface area contributed by atoms with Gasteiger partial charge in [0.1, 0.15) is 0 Å². The zero-order valence-electron chi connectivity index (χ0n) is 11.4. The van der Waals surface area contributed by atoms with E-state index in [0.29, 0.717) is 0 Å². The molecule has 0 rings (SSSR count). The van der Waals surface area contributed by atoms with E-state index < -0.39 is 30.3 Å². The summed E-state index contributed by atoms with van der Waals surface area (Å²) in [5.41, 5.74) is -0.209. The van der Waals surface area contributed by atoms with Crippen molar-refractivity contribution in [2.24, 2.45) is 0 Å². The average molecular weight is 285 g/mol. The number of methoxy groups -OCH3 is 1. The van der Waals surface area contributed by atoms with Crippen molar-refractivity contribution in [1.82, 2.24) is 0 Å². The Labute approximate surface area is 115 Å². The third-order valence-corrected chi connectivity index (χ3v) is 1.91. The molecular weight excluding hydrogens is 270 g/mol. The van der Waals surface area contributed by atoms with Gasteiger partial charge in [0.15, 0.2) is 6.07 Å². The van der Waals surface area contributed by atoms with Gasteiger partial charge in [0.05, 0.1) is 20.1 Å². The van der Waals surface area contributed by atoms with Crippen LogP contribution < -0.4 is 0 Å². The maximum absolute atomic E-state index is 11.3. The molecule has 0 spiro atoms. The van der Waals surface area contributed by atoms with E-state index in [2.05, 4.69) is 25.5 Å².